The first-order chi connectivity index (χ1) is 9.02. The van der Waals surface area contributed by atoms with Crippen LogP contribution >= 0.6 is 0 Å². The van der Waals surface area contributed by atoms with E-state index in [1.165, 1.54) is 0 Å². The van der Waals surface area contributed by atoms with Gasteiger partial charge in [-0.05, 0) is 20.3 Å². The first-order valence-electron chi connectivity index (χ1n) is 6.73. The standard InChI is InChI=1S/C14H24F2O4/c1-6-13(4,9-20-11(17)10(2)3)12(18)19-8-7-14(5,15)16/h10H,6-9H2,1-5H3. The van der Waals surface area contributed by atoms with Gasteiger partial charge in [0.1, 0.15) is 6.61 Å². The summed E-state index contributed by atoms with van der Waals surface area (Å²) in [5.41, 5.74) is -1.01. The van der Waals surface area contributed by atoms with Crippen LogP contribution in [0.15, 0.2) is 0 Å². The highest BCUT2D eigenvalue weighted by Crippen LogP contribution is 2.25. The highest BCUT2D eigenvalue weighted by molar-refractivity contribution is 5.77. The molecule has 0 fully saturated rings. The van der Waals surface area contributed by atoms with Crippen molar-refractivity contribution in [3.63, 3.8) is 0 Å². The summed E-state index contributed by atoms with van der Waals surface area (Å²) in [6.45, 7) is 7.02. The molecule has 0 aliphatic heterocycles. The van der Waals surface area contributed by atoms with Crippen molar-refractivity contribution < 1.29 is 27.8 Å². The van der Waals surface area contributed by atoms with Crippen LogP contribution in [0.2, 0.25) is 0 Å². The number of esters is 2. The van der Waals surface area contributed by atoms with Gasteiger partial charge < -0.3 is 9.47 Å². The Balaban J connectivity index is 4.40. The SMILES string of the molecule is CCC(C)(COC(=O)C(C)C)C(=O)OCCC(C)(F)F. The minimum absolute atomic E-state index is 0.109. The molecule has 0 saturated carbocycles. The predicted octanol–water partition coefficient (Wildman–Crippen LogP) is 3.19. The number of alkyl halides is 2. The smallest absolute Gasteiger partial charge is 0.315 e. The molecule has 1 atom stereocenters. The van der Waals surface area contributed by atoms with Crippen LogP contribution in [0.1, 0.15) is 47.5 Å². The maximum absolute atomic E-state index is 12.6. The lowest BCUT2D eigenvalue weighted by Crippen LogP contribution is -2.36. The molecule has 0 bridgehead atoms. The van der Waals surface area contributed by atoms with Gasteiger partial charge in [0.2, 0.25) is 5.92 Å². The molecule has 0 heterocycles. The molecule has 4 nitrogen and oxygen atoms in total. The second-order valence-corrected chi connectivity index (χ2v) is 5.63. The van der Waals surface area contributed by atoms with Gasteiger partial charge in [-0.15, -0.1) is 0 Å². The van der Waals surface area contributed by atoms with Gasteiger partial charge in [0, 0.05) is 6.42 Å². The van der Waals surface area contributed by atoms with Crippen molar-refractivity contribution in [2.75, 3.05) is 13.2 Å². The third-order valence-corrected chi connectivity index (χ3v) is 3.05. The van der Waals surface area contributed by atoms with Crippen molar-refractivity contribution in [1.82, 2.24) is 0 Å². The average molecular weight is 294 g/mol. The third kappa shape index (κ3) is 6.82. The van der Waals surface area contributed by atoms with Gasteiger partial charge >= 0.3 is 11.9 Å². The predicted molar refractivity (Wildman–Crippen MR) is 70.4 cm³/mol. The van der Waals surface area contributed by atoms with Gasteiger partial charge in [-0.2, -0.15) is 0 Å². The third-order valence-electron chi connectivity index (χ3n) is 3.05. The highest BCUT2D eigenvalue weighted by atomic mass is 19.3. The van der Waals surface area contributed by atoms with Crippen molar-refractivity contribution in [3.8, 4) is 0 Å². The number of ether oxygens (including phenoxy) is 2. The zero-order valence-corrected chi connectivity index (χ0v) is 12.8. The van der Waals surface area contributed by atoms with Crippen LogP contribution in [0.4, 0.5) is 8.78 Å². The molecule has 0 N–H and O–H groups in total. The summed E-state index contributed by atoms with van der Waals surface area (Å²) in [5, 5.41) is 0. The Labute approximate surface area is 118 Å². The molecule has 0 rings (SSSR count). The molecule has 6 heteroatoms. The minimum Gasteiger partial charge on any atom is -0.465 e. The highest BCUT2D eigenvalue weighted by Gasteiger charge is 2.35. The summed E-state index contributed by atoms with van der Waals surface area (Å²) in [6, 6.07) is 0. The molecule has 0 aromatic heterocycles. The summed E-state index contributed by atoms with van der Waals surface area (Å²) >= 11 is 0. The van der Waals surface area contributed by atoms with Gasteiger partial charge in [0.25, 0.3) is 0 Å². The Morgan fingerprint density at radius 2 is 1.70 bits per heavy atom. The number of halogens is 2. The first kappa shape index (κ1) is 18.8. The van der Waals surface area contributed by atoms with Gasteiger partial charge in [0.15, 0.2) is 0 Å². The van der Waals surface area contributed by atoms with Gasteiger partial charge in [-0.1, -0.05) is 20.8 Å². The number of rotatable bonds is 8. The molecule has 1 unspecified atom stereocenters. The van der Waals surface area contributed by atoms with E-state index < -0.39 is 29.7 Å². The second-order valence-electron chi connectivity index (χ2n) is 5.63. The topological polar surface area (TPSA) is 52.6 Å². The molecule has 0 radical (unpaired) electrons. The van der Waals surface area contributed by atoms with Crippen LogP contribution in [-0.4, -0.2) is 31.1 Å². The molecule has 0 aromatic rings. The lowest BCUT2D eigenvalue weighted by molar-refractivity contribution is -0.165. The fourth-order valence-electron chi connectivity index (χ4n) is 1.20. The largest absolute Gasteiger partial charge is 0.465 e. The molecule has 0 aliphatic carbocycles. The monoisotopic (exact) mass is 294 g/mol. The summed E-state index contributed by atoms with van der Waals surface area (Å²) in [6.07, 6.45) is -0.135. The lowest BCUT2D eigenvalue weighted by Gasteiger charge is -2.26. The van der Waals surface area contributed by atoms with Crippen LogP contribution in [0.25, 0.3) is 0 Å². The zero-order chi connectivity index (χ0) is 16.0. The summed E-state index contributed by atoms with van der Waals surface area (Å²) < 4.78 is 35.2. The van der Waals surface area contributed by atoms with E-state index in [4.69, 9.17) is 9.47 Å². The van der Waals surface area contributed by atoms with E-state index >= 15 is 0 Å². The van der Waals surface area contributed by atoms with Crippen molar-refractivity contribution in [3.05, 3.63) is 0 Å². The van der Waals surface area contributed by atoms with E-state index in [0.29, 0.717) is 6.42 Å². The molecule has 0 aliphatic rings. The molecule has 118 valence electrons. The van der Waals surface area contributed by atoms with E-state index in [9.17, 15) is 18.4 Å². The molecule has 0 amide bonds. The van der Waals surface area contributed by atoms with Crippen molar-refractivity contribution in [1.29, 1.82) is 0 Å². The Hall–Kier alpha value is -1.20. The summed E-state index contributed by atoms with van der Waals surface area (Å²) in [4.78, 5) is 23.3. The average Bonchev–Trinajstić information content (AvgIpc) is 2.33. The van der Waals surface area contributed by atoms with Crippen LogP contribution in [0.5, 0.6) is 0 Å². The molecular formula is C14H24F2O4. The fourth-order valence-corrected chi connectivity index (χ4v) is 1.20. The number of carbonyl (C=O) groups excluding carboxylic acids is 2. The molecule has 20 heavy (non-hydrogen) atoms. The van der Waals surface area contributed by atoms with Gasteiger partial charge in [-0.25, -0.2) is 8.78 Å². The van der Waals surface area contributed by atoms with Gasteiger partial charge in [-0.3, -0.25) is 9.59 Å². The van der Waals surface area contributed by atoms with E-state index in [0.717, 1.165) is 6.92 Å². The number of carbonyl (C=O) groups is 2. The van der Waals surface area contributed by atoms with Crippen LogP contribution in [-0.2, 0) is 19.1 Å². The Morgan fingerprint density at radius 3 is 2.10 bits per heavy atom. The minimum atomic E-state index is -2.87. The lowest BCUT2D eigenvalue weighted by atomic mass is 9.89. The van der Waals surface area contributed by atoms with Crippen LogP contribution in [0, 0.1) is 11.3 Å². The molecule has 0 spiro atoms. The number of hydrogen-bond donors (Lipinski definition) is 0. The van der Waals surface area contributed by atoms with Gasteiger partial charge in [0.05, 0.1) is 17.9 Å². The van der Waals surface area contributed by atoms with E-state index in [2.05, 4.69) is 0 Å². The van der Waals surface area contributed by atoms with Crippen LogP contribution < -0.4 is 0 Å². The van der Waals surface area contributed by atoms with E-state index in [1.807, 2.05) is 0 Å². The van der Waals surface area contributed by atoms with E-state index in [-0.39, 0.29) is 19.1 Å². The molecule has 0 saturated heterocycles. The zero-order valence-electron chi connectivity index (χ0n) is 12.8. The van der Waals surface area contributed by atoms with Crippen molar-refractivity contribution in [2.24, 2.45) is 11.3 Å². The quantitative estimate of drug-likeness (QED) is 0.645. The molecule has 0 aromatic carbocycles. The summed E-state index contributed by atoms with van der Waals surface area (Å²) in [5.74, 6) is -4.18. The maximum atomic E-state index is 12.6. The molecular weight excluding hydrogens is 270 g/mol. The fraction of sp³-hybridized carbons (Fsp3) is 0.857. The number of hydrogen-bond acceptors (Lipinski definition) is 4. The Bertz CT molecular complexity index is 337. The Morgan fingerprint density at radius 1 is 1.15 bits per heavy atom. The van der Waals surface area contributed by atoms with Crippen LogP contribution in [0.3, 0.4) is 0 Å². The van der Waals surface area contributed by atoms with Crippen molar-refractivity contribution >= 4 is 11.9 Å². The van der Waals surface area contributed by atoms with E-state index in [1.54, 1.807) is 27.7 Å². The maximum Gasteiger partial charge on any atom is 0.315 e. The van der Waals surface area contributed by atoms with Crippen molar-refractivity contribution in [2.45, 2.75) is 53.4 Å². The first-order valence-corrected chi connectivity index (χ1v) is 6.73. The summed E-state index contributed by atoms with van der Waals surface area (Å²) in [7, 11) is 0. The normalized spacial score (nSPS) is 14.8. The second kappa shape index (κ2) is 7.55. The Kier molecular flexibility index (Phi) is 7.09.